The Hall–Kier alpha value is -1.11. The van der Waals surface area contributed by atoms with Gasteiger partial charge >= 0.3 is 0 Å². The fourth-order valence-electron chi connectivity index (χ4n) is 2.90. The molecule has 1 aliphatic carbocycles. The number of hydrogen-bond acceptors (Lipinski definition) is 1. The molecule has 0 heterocycles. The van der Waals surface area contributed by atoms with Crippen molar-refractivity contribution < 1.29 is 4.79 Å². The monoisotopic (exact) mass is 216 g/mol. The van der Waals surface area contributed by atoms with Gasteiger partial charge in [-0.3, -0.25) is 4.79 Å². The standard InChI is InChI=1S/C15H20O/c1-11-7-9-14(10-8-11)15(12(2)16)13-5-3-4-6-13/h7-10,13,15H,3-6H2,1-2H3. The average molecular weight is 216 g/mol. The molecule has 1 unspecified atom stereocenters. The maximum absolute atomic E-state index is 11.8. The summed E-state index contributed by atoms with van der Waals surface area (Å²) in [5, 5.41) is 0. The van der Waals surface area contributed by atoms with Crippen LogP contribution >= 0.6 is 0 Å². The van der Waals surface area contributed by atoms with Crippen LogP contribution in [0.25, 0.3) is 0 Å². The number of hydrogen-bond donors (Lipinski definition) is 0. The van der Waals surface area contributed by atoms with Crippen LogP contribution in [0.2, 0.25) is 0 Å². The number of benzene rings is 1. The van der Waals surface area contributed by atoms with Crippen LogP contribution in [0, 0.1) is 12.8 Å². The molecule has 1 saturated carbocycles. The van der Waals surface area contributed by atoms with E-state index in [1.54, 1.807) is 6.92 Å². The van der Waals surface area contributed by atoms with Gasteiger partial charge < -0.3 is 0 Å². The van der Waals surface area contributed by atoms with Crippen LogP contribution in [0.4, 0.5) is 0 Å². The Balaban J connectivity index is 2.24. The van der Waals surface area contributed by atoms with Crippen molar-refractivity contribution in [2.75, 3.05) is 0 Å². The summed E-state index contributed by atoms with van der Waals surface area (Å²) in [7, 11) is 0. The predicted molar refractivity (Wildman–Crippen MR) is 66.6 cm³/mol. The second-order valence-corrected chi connectivity index (χ2v) is 5.04. The van der Waals surface area contributed by atoms with Gasteiger partial charge in [0, 0.05) is 5.92 Å². The third kappa shape index (κ3) is 2.34. The summed E-state index contributed by atoms with van der Waals surface area (Å²) in [6.07, 6.45) is 5.02. The molecule has 1 atom stereocenters. The molecule has 0 radical (unpaired) electrons. The van der Waals surface area contributed by atoms with E-state index in [-0.39, 0.29) is 5.92 Å². The quantitative estimate of drug-likeness (QED) is 0.750. The summed E-state index contributed by atoms with van der Waals surface area (Å²) in [5.74, 6) is 1.05. The molecule has 0 aliphatic heterocycles. The minimum atomic E-state index is 0.142. The zero-order valence-electron chi connectivity index (χ0n) is 10.2. The molecule has 86 valence electrons. The van der Waals surface area contributed by atoms with E-state index in [4.69, 9.17) is 0 Å². The van der Waals surface area contributed by atoms with Crippen LogP contribution in [0.3, 0.4) is 0 Å². The number of aryl methyl sites for hydroxylation is 1. The van der Waals surface area contributed by atoms with Crippen molar-refractivity contribution in [2.45, 2.75) is 45.4 Å². The number of Topliss-reactive ketones (excluding diaryl/α,β-unsaturated/α-hetero) is 1. The molecule has 0 spiro atoms. The van der Waals surface area contributed by atoms with Crippen molar-refractivity contribution >= 4 is 5.78 Å². The summed E-state index contributed by atoms with van der Waals surface area (Å²) in [6, 6.07) is 8.47. The van der Waals surface area contributed by atoms with Gasteiger partial charge in [-0.15, -0.1) is 0 Å². The Labute approximate surface area is 97.9 Å². The third-order valence-electron chi connectivity index (χ3n) is 3.75. The molecule has 0 aromatic heterocycles. The molecule has 1 aliphatic rings. The van der Waals surface area contributed by atoms with Crippen molar-refractivity contribution in [2.24, 2.45) is 5.92 Å². The minimum absolute atomic E-state index is 0.142. The number of rotatable bonds is 3. The van der Waals surface area contributed by atoms with Gasteiger partial charge in [0.2, 0.25) is 0 Å². The molecule has 0 bridgehead atoms. The lowest BCUT2D eigenvalue weighted by Gasteiger charge is -2.21. The lowest BCUT2D eigenvalue weighted by atomic mass is 9.82. The van der Waals surface area contributed by atoms with E-state index >= 15 is 0 Å². The maximum atomic E-state index is 11.8. The third-order valence-corrected chi connectivity index (χ3v) is 3.75. The van der Waals surface area contributed by atoms with Gasteiger partial charge in [0.05, 0.1) is 0 Å². The minimum Gasteiger partial charge on any atom is -0.299 e. The summed E-state index contributed by atoms with van der Waals surface area (Å²) in [4.78, 5) is 11.8. The normalized spacial score (nSPS) is 18.6. The van der Waals surface area contributed by atoms with Gasteiger partial charge in [0.15, 0.2) is 0 Å². The van der Waals surface area contributed by atoms with E-state index < -0.39 is 0 Å². The van der Waals surface area contributed by atoms with Crippen molar-refractivity contribution in [1.29, 1.82) is 0 Å². The van der Waals surface area contributed by atoms with Gasteiger partial charge in [-0.1, -0.05) is 42.7 Å². The number of carbonyl (C=O) groups excluding carboxylic acids is 1. The Kier molecular flexibility index (Phi) is 3.42. The molecule has 0 amide bonds. The van der Waals surface area contributed by atoms with E-state index in [1.165, 1.54) is 36.8 Å². The summed E-state index contributed by atoms with van der Waals surface area (Å²) in [6.45, 7) is 3.82. The SMILES string of the molecule is CC(=O)C(c1ccc(C)cc1)C1CCCC1. The first-order valence-electron chi connectivity index (χ1n) is 6.25. The highest BCUT2D eigenvalue weighted by Gasteiger charge is 2.29. The van der Waals surface area contributed by atoms with E-state index in [2.05, 4.69) is 31.2 Å². The highest BCUT2D eigenvalue weighted by molar-refractivity contribution is 5.83. The molecule has 2 rings (SSSR count). The van der Waals surface area contributed by atoms with Gasteiger partial charge in [0.1, 0.15) is 5.78 Å². The molecule has 16 heavy (non-hydrogen) atoms. The molecule has 1 aromatic carbocycles. The first-order valence-corrected chi connectivity index (χ1v) is 6.25. The van der Waals surface area contributed by atoms with Crippen molar-refractivity contribution in [3.63, 3.8) is 0 Å². The predicted octanol–water partition coefficient (Wildman–Crippen LogP) is 3.86. The highest BCUT2D eigenvalue weighted by atomic mass is 16.1. The summed E-state index contributed by atoms with van der Waals surface area (Å²) in [5.41, 5.74) is 2.47. The molecule has 0 N–H and O–H groups in total. The zero-order valence-corrected chi connectivity index (χ0v) is 10.2. The van der Waals surface area contributed by atoms with Gasteiger partial charge in [-0.25, -0.2) is 0 Å². The van der Waals surface area contributed by atoms with Crippen LogP contribution in [0.1, 0.15) is 49.7 Å². The lowest BCUT2D eigenvalue weighted by Crippen LogP contribution is -2.17. The average Bonchev–Trinajstić information content (AvgIpc) is 2.74. The molecule has 1 fully saturated rings. The molecule has 1 nitrogen and oxygen atoms in total. The summed E-state index contributed by atoms with van der Waals surface area (Å²) < 4.78 is 0. The van der Waals surface area contributed by atoms with Crippen LogP contribution in [0.15, 0.2) is 24.3 Å². The first kappa shape index (κ1) is 11.4. The van der Waals surface area contributed by atoms with Crippen molar-refractivity contribution in [3.05, 3.63) is 35.4 Å². The van der Waals surface area contributed by atoms with Crippen LogP contribution in [-0.2, 0) is 4.79 Å². The van der Waals surface area contributed by atoms with E-state index in [0.717, 1.165) is 0 Å². The van der Waals surface area contributed by atoms with E-state index in [1.807, 2.05) is 0 Å². The highest BCUT2D eigenvalue weighted by Crippen LogP contribution is 2.37. The van der Waals surface area contributed by atoms with E-state index in [9.17, 15) is 4.79 Å². The second-order valence-electron chi connectivity index (χ2n) is 5.04. The molecular weight excluding hydrogens is 196 g/mol. The molecule has 1 aromatic rings. The topological polar surface area (TPSA) is 17.1 Å². The first-order chi connectivity index (χ1) is 7.68. The van der Waals surface area contributed by atoms with Crippen molar-refractivity contribution in [3.8, 4) is 0 Å². The molecule has 1 heteroatoms. The fourth-order valence-corrected chi connectivity index (χ4v) is 2.90. The molecule has 0 saturated heterocycles. The van der Waals surface area contributed by atoms with Gasteiger partial charge in [0.25, 0.3) is 0 Å². The van der Waals surface area contributed by atoms with E-state index in [0.29, 0.717) is 11.7 Å². The zero-order chi connectivity index (χ0) is 11.5. The van der Waals surface area contributed by atoms with Crippen LogP contribution < -0.4 is 0 Å². The number of carbonyl (C=O) groups is 1. The fraction of sp³-hybridized carbons (Fsp3) is 0.533. The Morgan fingerprint density at radius 1 is 1.19 bits per heavy atom. The number of ketones is 1. The van der Waals surface area contributed by atoms with Crippen LogP contribution in [-0.4, -0.2) is 5.78 Å². The largest absolute Gasteiger partial charge is 0.299 e. The lowest BCUT2D eigenvalue weighted by molar-refractivity contribution is -0.119. The van der Waals surface area contributed by atoms with Crippen molar-refractivity contribution in [1.82, 2.24) is 0 Å². The van der Waals surface area contributed by atoms with Crippen LogP contribution in [0.5, 0.6) is 0 Å². The van der Waals surface area contributed by atoms with Gasteiger partial charge in [-0.05, 0) is 38.2 Å². The second kappa shape index (κ2) is 4.82. The smallest absolute Gasteiger partial charge is 0.137 e. The van der Waals surface area contributed by atoms with Gasteiger partial charge in [-0.2, -0.15) is 0 Å². The Bertz CT molecular complexity index is 358. The molecular formula is C15H20O. The Morgan fingerprint density at radius 3 is 2.25 bits per heavy atom. The Morgan fingerprint density at radius 2 is 1.75 bits per heavy atom. The summed E-state index contributed by atoms with van der Waals surface area (Å²) >= 11 is 0. The maximum Gasteiger partial charge on any atom is 0.137 e.